The average molecular weight is 203 g/mol. The first kappa shape index (κ1) is 10.2. The fourth-order valence-electron chi connectivity index (χ4n) is 2.31. The highest BCUT2D eigenvalue weighted by atomic mass is 16.2. The third-order valence-corrected chi connectivity index (χ3v) is 3.06. The second kappa shape index (κ2) is 4.47. The molecule has 1 aliphatic rings. The van der Waals surface area contributed by atoms with E-state index < -0.39 is 0 Å². The Hall–Kier alpha value is -1.31. The maximum Gasteiger partial charge on any atom is 0.223 e. The Labute approximate surface area is 90.9 Å². The van der Waals surface area contributed by atoms with Crippen LogP contribution in [0.1, 0.15) is 37.8 Å². The fourth-order valence-corrected chi connectivity index (χ4v) is 2.31. The molecule has 0 bridgehead atoms. The molecule has 2 rings (SSSR count). The van der Waals surface area contributed by atoms with Crippen LogP contribution in [0.4, 0.5) is 0 Å². The van der Waals surface area contributed by atoms with Crippen LogP contribution in [0.3, 0.4) is 0 Å². The van der Waals surface area contributed by atoms with Gasteiger partial charge in [-0.15, -0.1) is 0 Å². The van der Waals surface area contributed by atoms with Gasteiger partial charge in [-0.05, 0) is 18.4 Å². The summed E-state index contributed by atoms with van der Waals surface area (Å²) in [4.78, 5) is 13.7. The Bertz CT molecular complexity index is 334. The van der Waals surface area contributed by atoms with Crippen molar-refractivity contribution in [1.82, 2.24) is 4.90 Å². The van der Waals surface area contributed by atoms with Gasteiger partial charge in [-0.2, -0.15) is 0 Å². The van der Waals surface area contributed by atoms with Crippen LogP contribution in [0.5, 0.6) is 0 Å². The summed E-state index contributed by atoms with van der Waals surface area (Å²) < 4.78 is 0. The van der Waals surface area contributed by atoms with E-state index in [-0.39, 0.29) is 6.04 Å². The van der Waals surface area contributed by atoms with E-state index in [4.69, 9.17) is 0 Å². The van der Waals surface area contributed by atoms with Crippen LogP contribution < -0.4 is 0 Å². The van der Waals surface area contributed by atoms with Gasteiger partial charge in [0.15, 0.2) is 0 Å². The van der Waals surface area contributed by atoms with Crippen LogP contribution in [0.15, 0.2) is 30.3 Å². The molecule has 0 aromatic heterocycles. The molecule has 2 nitrogen and oxygen atoms in total. The second-order valence-corrected chi connectivity index (χ2v) is 4.03. The SMILES string of the molecule is CC[C@@H](c1ccccc1)N1CCCC1=O. The lowest BCUT2D eigenvalue weighted by molar-refractivity contribution is -0.129. The summed E-state index contributed by atoms with van der Waals surface area (Å²) in [7, 11) is 0. The fraction of sp³-hybridized carbons (Fsp3) is 0.462. The quantitative estimate of drug-likeness (QED) is 0.739. The lowest BCUT2D eigenvalue weighted by Gasteiger charge is -2.27. The van der Waals surface area contributed by atoms with Gasteiger partial charge >= 0.3 is 0 Å². The van der Waals surface area contributed by atoms with Crippen molar-refractivity contribution in [2.24, 2.45) is 0 Å². The van der Waals surface area contributed by atoms with Crippen LogP contribution in [0.25, 0.3) is 0 Å². The zero-order valence-corrected chi connectivity index (χ0v) is 9.15. The number of nitrogens with zero attached hydrogens (tertiary/aromatic N) is 1. The summed E-state index contributed by atoms with van der Waals surface area (Å²) >= 11 is 0. The van der Waals surface area contributed by atoms with Gasteiger partial charge in [0.1, 0.15) is 0 Å². The molecule has 15 heavy (non-hydrogen) atoms. The van der Waals surface area contributed by atoms with Gasteiger partial charge in [-0.3, -0.25) is 4.79 Å². The number of likely N-dealkylation sites (tertiary alicyclic amines) is 1. The minimum Gasteiger partial charge on any atom is -0.336 e. The highest BCUT2D eigenvalue weighted by Crippen LogP contribution is 2.28. The molecule has 1 aromatic rings. The molecule has 2 heteroatoms. The smallest absolute Gasteiger partial charge is 0.223 e. The van der Waals surface area contributed by atoms with E-state index in [0.29, 0.717) is 5.91 Å². The summed E-state index contributed by atoms with van der Waals surface area (Å²) in [5.41, 5.74) is 1.26. The maximum absolute atomic E-state index is 11.7. The van der Waals surface area contributed by atoms with Crippen molar-refractivity contribution in [1.29, 1.82) is 0 Å². The summed E-state index contributed by atoms with van der Waals surface area (Å²) in [6, 6.07) is 10.6. The number of hydrogen-bond acceptors (Lipinski definition) is 1. The molecule has 1 aliphatic heterocycles. The molecule has 1 amide bonds. The zero-order chi connectivity index (χ0) is 10.7. The first-order chi connectivity index (χ1) is 7.33. The molecule has 0 N–H and O–H groups in total. The molecule has 80 valence electrons. The predicted octanol–water partition coefficient (Wildman–Crippen LogP) is 2.76. The van der Waals surface area contributed by atoms with E-state index in [1.165, 1.54) is 5.56 Å². The minimum absolute atomic E-state index is 0.279. The molecular formula is C13H17NO. The highest BCUT2D eigenvalue weighted by Gasteiger charge is 2.27. The van der Waals surface area contributed by atoms with Gasteiger partial charge in [0.2, 0.25) is 5.91 Å². The average Bonchev–Trinajstić information content (AvgIpc) is 2.68. The van der Waals surface area contributed by atoms with Gasteiger partial charge in [0, 0.05) is 13.0 Å². The van der Waals surface area contributed by atoms with Crippen LogP contribution in [-0.4, -0.2) is 17.4 Å². The van der Waals surface area contributed by atoms with Crippen molar-refractivity contribution < 1.29 is 4.79 Å². The van der Waals surface area contributed by atoms with Crippen LogP contribution in [-0.2, 0) is 4.79 Å². The molecule has 0 radical (unpaired) electrons. The Balaban J connectivity index is 2.20. The summed E-state index contributed by atoms with van der Waals surface area (Å²) in [5.74, 6) is 0.311. The van der Waals surface area contributed by atoms with E-state index >= 15 is 0 Å². The van der Waals surface area contributed by atoms with E-state index in [2.05, 4.69) is 19.1 Å². The highest BCUT2D eigenvalue weighted by molar-refractivity contribution is 5.78. The van der Waals surface area contributed by atoms with Crippen molar-refractivity contribution >= 4 is 5.91 Å². The first-order valence-electron chi connectivity index (χ1n) is 5.67. The Morgan fingerprint density at radius 1 is 1.33 bits per heavy atom. The first-order valence-corrected chi connectivity index (χ1v) is 5.67. The normalized spacial score (nSPS) is 18.2. The third kappa shape index (κ3) is 2.04. The van der Waals surface area contributed by atoms with Gasteiger partial charge in [0.05, 0.1) is 6.04 Å². The number of rotatable bonds is 3. The maximum atomic E-state index is 11.7. The largest absolute Gasteiger partial charge is 0.336 e. The monoisotopic (exact) mass is 203 g/mol. The van der Waals surface area contributed by atoms with Gasteiger partial charge in [-0.1, -0.05) is 37.3 Å². The molecule has 0 aliphatic carbocycles. The Morgan fingerprint density at radius 3 is 2.60 bits per heavy atom. The number of amides is 1. The van der Waals surface area contributed by atoms with Crippen LogP contribution in [0.2, 0.25) is 0 Å². The van der Waals surface area contributed by atoms with Crippen molar-refractivity contribution in [3.63, 3.8) is 0 Å². The summed E-state index contributed by atoms with van der Waals surface area (Å²) in [6.07, 6.45) is 2.74. The second-order valence-electron chi connectivity index (χ2n) is 4.03. The van der Waals surface area contributed by atoms with Crippen LogP contribution in [0, 0.1) is 0 Å². The molecule has 1 aromatic carbocycles. The van der Waals surface area contributed by atoms with Crippen molar-refractivity contribution in [3.8, 4) is 0 Å². The van der Waals surface area contributed by atoms with E-state index in [1.807, 2.05) is 23.1 Å². The van der Waals surface area contributed by atoms with Crippen molar-refractivity contribution in [2.45, 2.75) is 32.2 Å². The predicted molar refractivity (Wildman–Crippen MR) is 60.4 cm³/mol. The number of carbonyl (C=O) groups excluding carboxylic acids is 1. The Kier molecular flexibility index (Phi) is 3.05. The van der Waals surface area contributed by atoms with Gasteiger partial charge in [-0.25, -0.2) is 0 Å². The lowest BCUT2D eigenvalue weighted by atomic mass is 10.0. The third-order valence-electron chi connectivity index (χ3n) is 3.06. The topological polar surface area (TPSA) is 20.3 Å². The minimum atomic E-state index is 0.279. The summed E-state index contributed by atoms with van der Waals surface area (Å²) in [5, 5.41) is 0. The molecule has 1 heterocycles. The molecule has 0 saturated carbocycles. The number of benzene rings is 1. The van der Waals surface area contributed by atoms with Crippen LogP contribution >= 0.6 is 0 Å². The Morgan fingerprint density at radius 2 is 2.07 bits per heavy atom. The standard InChI is InChI=1S/C13H17NO/c1-2-12(11-7-4-3-5-8-11)14-10-6-9-13(14)15/h3-5,7-8,12H,2,6,9-10H2,1H3/t12-/m0/s1. The number of hydrogen-bond donors (Lipinski definition) is 0. The van der Waals surface area contributed by atoms with E-state index in [1.54, 1.807) is 0 Å². The molecule has 0 spiro atoms. The molecular weight excluding hydrogens is 186 g/mol. The molecule has 1 saturated heterocycles. The number of carbonyl (C=O) groups is 1. The van der Waals surface area contributed by atoms with E-state index in [0.717, 1.165) is 25.8 Å². The van der Waals surface area contributed by atoms with E-state index in [9.17, 15) is 4.79 Å². The molecule has 0 unspecified atom stereocenters. The summed E-state index contributed by atoms with van der Waals surface area (Å²) in [6.45, 7) is 3.06. The van der Waals surface area contributed by atoms with Gasteiger partial charge < -0.3 is 4.90 Å². The zero-order valence-electron chi connectivity index (χ0n) is 9.15. The molecule has 1 atom stereocenters. The van der Waals surface area contributed by atoms with Crippen molar-refractivity contribution in [2.75, 3.05) is 6.54 Å². The lowest BCUT2D eigenvalue weighted by Crippen LogP contribution is -2.29. The van der Waals surface area contributed by atoms with Gasteiger partial charge in [0.25, 0.3) is 0 Å². The van der Waals surface area contributed by atoms with Crippen molar-refractivity contribution in [3.05, 3.63) is 35.9 Å². The molecule has 1 fully saturated rings.